The number of nitrogens with one attached hydrogen (secondary N) is 1. The standard InChI is InChI=1S/C15H30N2O/c1-4-10-17(15(18)11-13(3)5-2)12-14-8-6-7-9-16-14/h13-14,16H,4-12H2,1-3H3. The van der Waals surface area contributed by atoms with Gasteiger partial charge in [-0.3, -0.25) is 4.79 Å². The first-order chi connectivity index (χ1) is 8.67. The van der Waals surface area contributed by atoms with Crippen molar-refractivity contribution in [2.24, 2.45) is 5.92 Å². The predicted molar refractivity (Wildman–Crippen MR) is 76.6 cm³/mol. The summed E-state index contributed by atoms with van der Waals surface area (Å²) in [7, 11) is 0. The molecule has 3 heteroatoms. The van der Waals surface area contributed by atoms with Gasteiger partial charge in [-0.1, -0.05) is 33.6 Å². The molecule has 1 fully saturated rings. The van der Waals surface area contributed by atoms with E-state index >= 15 is 0 Å². The molecule has 0 aromatic rings. The average Bonchev–Trinajstić information content (AvgIpc) is 2.39. The zero-order valence-electron chi connectivity index (χ0n) is 12.4. The van der Waals surface area contributed by atoms with E-state index in [9.17, 15) is 4.79 Å². The van der Waals surface area contributed by atoms with Gasteiger partial charge in [0.15, 0.2) is 0 Å². The highest BCUT2D eigenvalue weighted by molar-refractivity contribution is 5.76. The van der Waals surface area contributed by atoms with Crippen molar-refractivity contribution >= 4 is 5.91 Å². The lowest BCUT2D eigenvalue weighted by atomic mass is 10.0. The number of hydrogen-bond donors (Lipinski definition) is 1. The molecule has 106 valence electrons. The summed E-state index contributed by atoms with van der Waals surface area (Å²) < 4.78 is 0. The number of rotatable bonds is 7. The van der Waals surface area contributed by atoms with E-state index < -0.39 is 0 Å². The number of nitrogens with zero attached hydrogens (tertiary/aromatic N) is 1. The topological polar surface area (TPSA) is 32.3 Å². The van der Waals surface area contributed by atoms with Crippen molar-refractivity contribution in [3.63, 3.8) is 0 Å². The van der Waals surface area contributed by atoms with Gasteiger partial charge in [0.05, 0.1) is 0 Å². The van der Waals surface area contributed by atoms with E-state index in [1.807, 2.05) is 0 Å². The van der Waals surface area contributed by atoms with Gasteiger partial charge >= 0.3 is 0 Å². The summed E-state index contributed by atoms with van der Waals surface area (Å²) in [4.78, 5) is 14.4. The minimum atomic E-state index is 0.346. The van der Waals surface area contributed by atoms with Crippen molar-refractivity contribution in [1.29, 1.82) is 0 Å². The Morgan fingerprint density at radius 2 is 2.17 bits per heavy atom. The lowest BCUT2D eigenvalue weighted by Gasteiger charge is -2.31. The number of piperidine rings is 1. The van der Waals surface area contributed by atoms with Crippen LogP contribution in [-0.2, 0) is 4.79 Å². The lowest BCUT2D eigenvalue weighted by Crippen LogP contribution is -2.46. The summed E-state index contributed by atoms with van der Waals surface area (Å²) in [6, 6.07) is 0.520. The fourth-order valence-corrected chi connectivity index (χ4v) is 2.51. The average molecular weight is 254 g/mol. The van der Waals surface area contributed by atoms with E-state index in [-0.39, 0.29) is 0 Å². The molecule has 18 heavy (non-hydrogen) atoms. The Morgan fingerprint density at radius 3 is 2.72 bits per heavy atom. The summed E-state index contributed by atoms with van der Waals surface area (Å²) in [5, 5.41) is 3.54. The molecule has 1 amide bonds. The largest absolute Gasteiger partial charge is 0.341 e. The zero-order chi connectivity index (χ0) is 13.4. The molecule has 1 rings (SSSR count). The molecule has 2 unspecified atom stereocenters. The van der Waals surface area contributed by atoms with Crippen molar-refractivity contribution in [3.8, 4) is 0 Å². The van der Waals surface area contributed by atoms with Crippen LogP contribution in [0, 0.1) is 5.92 Å². The fourth-order valence-electron chi connectivity index (χ4n) is 2.51. The second-order valence-electron chi connectivity index (χ2n) is 5.70. The Bertz CT molecular complexity index is 237. The zero-order valence-corrected chi connectivity index (χ0v) is 12.4. The second kappa shape index (κ2) is 8.52. The van der Waals surface area contributed by atoms with Crippen LogP contribution in [0.15, 0.2) is 0 Å². The van der Waals surface area contributed by atoms with Gasteiger partial charge in [-0.05, 0) is 31.7 Å². The van der Waals surface area contributed by atoms with Crippen LogP contribution >= 0.6 is 0 Å². The Hall–Kier alpha value is -0.570. The summed E-state index contributed by atoms with van der Waals surface area (Å²) in [5.41, 5.74) is 0. The summed E-state index contributed by atoms with van der Waals surface area (Å²) >= 11 is 0. The van der Waals surface area contributed by atoms with Crippen LogP contribution in [0.25, 0.3) is 0 Å². The van der Waals surface area contributed by atoms with Gasteiger partial charge in [-0.2, -0.15) is 0 Å². The minimum absolute atomic E-state index is 0.346. The molecule has 1 aliphatic heterocycles. The molecule has 0 aromatic heterocycles. The summed E-state index contributed by atoms with van der Waals surface area (Å²) in [5.74, 6) is 0.856. The second-order valence-corrected chi connectivity index (χ2v) is 5.70. The molecule has 0 bridgehead atoms. The number of hydrogen-bond acceptors (Lipinski definition) is 2. The number of amides is 1. The molecule has 0 aliphatic carbocycles. The molecule has 0 radical (unpaired) electrons. The van der Waals surface area contributed by atoms with Crippen LogP contribution in [0.2, 0.25) is 0 Å². The molecule has 0 saturated carbocycles. The first-order valence-corrected chi connectivity index (χ1v) is 7.68. The van der Waals surface area contributed by atoms with Gasteiger partial charge in [0.2, 0.25) is 5.91 Å². The van der Waals surface area contributed by atoms with Gasteiger partial charge in [-0.25, -0.2) is 0 Å². The molecular formula is C15H30N2O. The van der Waals surface area contributed by atoms with Crippen molar-refractivity contribution < 1.29 is 4.79 Å². The molecule has 3 nitrogen and oxygen atoms in total. The van der Waals surface area contributed by atoms with E-state index in [2.05, 4.69) is 31.0 Å². The lowest BCUT2D eigenvalue weighted by molar-refractivity contribution is -0.132. The summed E-state index contributed by atoms with van der Waals surface area (Å²) in [6.07, 6.45) is 6.66. The maximum Gasteiger partial charge on any atom is 0.222 e. The first-order valence-electron chi connectivity index (χ1n) is 7.68. The van der Waals surface area contributed by atoms with E-state index in [1.54, 1.807) is 0 Å². The Balaban J connectivity index is 2.44. The highest BCUT2D eigenvalue weighted by atomic mass is 16.2. The third kappa shape index (κ3) is 5.38. The maximum absolute atomic E-state index is 12.3. The molecule has 2 atom stereocenters. The highest BCUT2D eigenvalue weighted by Crippen LogP contribution is 2.13. The normalized spacial score (nSPS) is 21.6. The Labute approximate surface area is 112 Å². The quantitative estimate of drug-likeness (QED) is 0.757. The van der Waals surface area contributed by atoms with Crippen molar-refractivity contribution in [3.05, 3.63) is 0 Å². The fraction of sp³-hybridized carbons (Fsp3) is 0.933. The SMILES string of the molecule is CCCN(CC1CCCCN1)C(=O)CC(C)CC. The number of carbonyl (C=O) groups is 1. The van der Waals surface area contributed by atoms with Crippen LogP contribution in [0.5, 0.6) is 0 Å². The summed E-state index contributed by atoms with van der Waals surface area (Å²) in [6.45, 7) is 9.41. The highest BCUT2D eigenvalue weighted by Gasteiger charge is 2.20. The molecular weight excluding hydrogens is 224 g/mol. The molecule has 0 aromatic carbocycles. The van der Waals surface area contributed by atoms with E-state index in [0.29, 0.717) is 24.3 Å². The van der Waals surface area contributed by atoms with Crippen molar-refractivity contribution in [1.82, 2.24) is 10.2 Å². The van der Waals surface area contributed by atoms with E-state index in [1.165, 1.54) is 19.3 Å². The van der Waals surface area contributed by atoms with E-state index in [0.717, 1.165) is 32.5 Å². The van der Waals surface area contributed by atoms with Crippen LogP contribution in [0.1, 0.15) is 59.3 Å². The smallest absolute Gasteiger partial charge is 0.222 e. The molecule has 0 spiro atoms. The van der Waals surface area contributed by atoms with Crippen molar-refractivity contribution in [2.45, 2.75) is 65.3 Å². The van der Waals surface area contributed by atoms with Crippen LogP contribution in [0.3, 0.4) is 0 Å². The maximum atomic E-state index is 12.3. The Kier molecular flexibility index (Phi) is 7.33. The molecule has 1 N–H and O–H groups in total. The van der Waals surface area contributed by atoms with Gasteiger partial charge in [0, 0.05) is 25.6 Å². The van der Waals surface area contributed by atoms with Crippen molar-refractivity contribution in [2.75, 3.05) is 19.6 Å². The molecule has 1 heterocycles. The molecule has 1 aliphatic rings. The minimum Gasteiger partial charge on any atom is -0.341 e. The monoisotopic (exact) mass is 254 g/mol. The van der Waals surface area contributed by atoms with Crippen LogP contribution in [0.4, 0.5) is 0 Å². The van der Waals surface area contributed by atoms with Gasteiger partial charge in [0.1, 0.15) is 0 Å². The van der Waals surface area contributed by atoms with Crippen LogP contribution in [-0.4, -0.2) is 36.5 Å². The Morgan fingerprint density at radius 1 is 1.39 bits per heavy atom. The van der Waals surface area contributed by atoms with Gasteiger partial charge < -0.3 is 10.2 Å². The predicted octanol–water partition coefficient (Wildman–Crippen LogP) is 2.80. The first kappa shape index (κ1) is 15.5. The molecule has 1 saturated heterocycles. The van der Waals surface area contributed by atoms with Crippen LogP contribution < -0.4 is 5.32 Å². The number of carbonyl (C=O) groups excluding carboxylic acids is 1. The third-order valence-corrected chi connectivity index (χ3v) is 3.92. The van der Waals surface area contributed by atoms with E-state index in [4.69, 9.17) is 0 Å². The van der Waals surface area contributed by atoms with Gasteiger partial charge in [-0.15, -0.1) is 0 Å². The third-order valence-electron chi connectivity index (χ3n) is 3.92. The van der Waals surface area contributed by atoms with Gasteiger partial charge in [0.25, 0.3) is 0 Å².